The lowest BCUT2D eigenvalue weighted by Gasteiger charge is -2.18. The van der Waals surface area contributed by atoms with E-state index in [1.54, 1.807) is 13.0 Å². The van der Waals surface area contributed by atoms with Crippen LogP contribution in [-0.4, -0.2) is 38.4 Å². The molecule has 1 aromatic heterocycles. The van der Waals surface area contributed by atoms with E-state index in [4.69, 9.17) is 13.9 Å². The normalized spacial score (nSPS) is 14.0. The first-order valence-electron chi connectivity index (χ1n) is 6.73. The van der Waals surface area contributed by atoms with Crippen molar-refractivity contribution >= 4 is 10.0 Å². The van der Waals surface area contributed by atoms with Crippen molar-refractivity contribution in [1.29, 1.82) is 0 Å². The predicted molar refractivity (Wildman–Crippen MR) is 75.4 cm³/mol. The van der Waals surface area contributed by atoms with E-state index in [-0.39, 0.29) is 11.4 Å². The third-order valence-corrected chi connectivity index (χ3v) is 4.48. The molecule has 0 saturated heterocycles. The van der Waals surface area contributed by atoms with Crippen molar-refractivity contribution in [3.63, 3.8) is 0 Å². The van der Waals surface area contributed by atoms with Crippen molar-refractivity contribution in [3.05, 3.63) is 30.0 Å². The minimum absolute atomic E-state index is 0.124. The van der Waals surface area contributed by atoms with E-state index in [0.717, 1.165) is 0 Å². The Labute approximate surface area is 127 Å². The molecule has 1 aliphatic rings. The molecule has 1 N–H and O–H groups in total. The lowest BCUT2D eigenvalue weighted by atomic mass is 10.3. The molecule has 8 nitrogen and oxygen atoms in total. The van der Waals surface area contributed by atoms with E-state index < -0.39 is 10.0 Å². The third-order valence-electron chi connectivity index (χ3n) is 3.02. The van der Waals surface area contributed by atoms with Gasteiger partial charge in [-0.1, -0.05) is 0 Å². The molecule has 2 heterocycles. The van der Waals surface area contributed by atoms with E-state index >= 15 is 0 Å². The molecular weight excluding hydrogens is 310 g/mol. The van der Waals surface area contributed by atoms with Gasteiger partial charge in [0.2, 0.25) is 21.8 Å². The first kappa shape index (κ1) is 14.8. The second kappa shape index (κ2) is 5.93. The van der Waals surface area contributed by atoms with Crippen LogP contribution in [0.4, 0.5) is 0 Å². The van der Waals surface area contributed by atoms with Crippen LogP contribution in [0.1, 0.15) is 11.8 Å². The number of sulfonamides is 1. The van der Waals surface area contributed by atoms with Gasteiger partial charge in [-0.3, -0.25) is 0 Å². The van der Waals surface area contributed by atoms with E-state index in [0.29, 0.717) is 42.9 Å². The van der Waals surface area contributed by atoms with Crippen LogP contribution in [0.2, 0.25) is 0 Å². The lowest BCUT2D eigenvalue weighted by Crippen LogP contribution is -2.26. The predicted octanol–water partition coefficient (Wildman–Crippen LogP) is 0.670. The Kier molecular flexibility index (Phi) is 3.99. The van der Waals surface area contributed by atoms with Gasteiger partial charge in [0, 0.05) is 26.0 Å². The lowest BCUT2D eigenvalue weighted by molar-refractivity contribution is 0.171. The van der Waals surface area contributed by atoms with Crippen molar-refractivity contribution < 1.29 is 22.3 Å². The molecule has 0 amide bonds. The number of rotatable bonds is 5. The average Bonchev–Trinajstić information content (AvgIpc) is 2.92. The first-order chi connectivity index (χ1) is 10.5. The van der Waals surface area contributed by atoms with Gasteiger partial charge in [0.05, 0.1) is 4.90 Å². The molecule has 0 fully saturated rings. The Morgan fingerprint density at radius 2 is 1.95 bits per heavy atom. The van der Waals surface area contributed by atoms with E-state index in [9.17, 15) is 8.42 Å². The minimum atomic E-state index is -3.63. The van der Waals surface area contributed by atoms with Gasteiger partial charge < -0.3 is 13.9 Å². The van der Waals surface area contributed by atoms with Crippen molar-refractivity contribution in [2.45, 2.75) is 18.2 Å². The molecule has 0 aliphatic carbocycles. The molecule has 1 aromatic carbocycles. The van der Waals surface area contributed by atoms with Crippen LogP contribution < -0.4 is 14.2 Å². The minimum Gasteiger partial charge on any atom is -0.486 e. The Morgan fingerprint density at radius 3 is 2.68 bits per heavy atom. The molecule has 0 radical (unpaired) electrons. The molecule has 0 bridgehead atoms. The van der Waals surface area contributed by atoms with Gasteiger partial charge in [-0.15, -0.1) is 10.2 Å². The van der Waals surface area contributed by atoms with Gasteiger partial charge in [0.15, 0.2) is 11.5 Å². The molecule has 22 heavy (non-hydrogen) atoms. The highest BCUT2D eigenvalue weighted by molar-refractivity contribution is 7.89. The number of nitrogens with zero attached hydrogens (tertiary/aromatic N) is 2. The summed E-state index contributed by atoms with van der Waals surface area (Å²) >= 11 is 0. The Hall–Kier alpha value is -2.13. The maximum Gasteiger partial charge on any atom is 0.240 e. The largest absolute Gasteiger partial charge is 0.486 e. The maximum atomic E-state index is 12.2. The summed E-state index contributed by atoms with van der Waals surface area (Å²) in [4.78, 5) is 0.124. The van der Waals surface area contributed by atoms with Crippen LogP contribution in [0.25, 0.3) is 0 Å². The van der Waals surface area contributed by atoms with Crippen LogP contribution in [0, 0.1) is 6.92 Å². The maximum absolute atomic E-state index is 12.2. The molecule has 0 unspecified atom stereocenters. The zero-order valence-electron chi connectivity index (χ0n) is 11.9. The molecule has 2 aromatic rings. The summed E-state index contributed by atoms with van der Waals surface area (Å²) < 4.78 is 42.9. The number of hydrogen-bond donors (Lipinski definition) is 1. The topological polar surface area (TPSA) is 104 Å². The summed E-state index contributed by atoms with van der Waals surface area (Å²) in [6, 6.07) is 4.52. The van der Waals surface area contributed by atoms with Gasteiger partial charge in [-0.25, -0.2) is 13.1 Å². The van der Waals surface area contributed by atoms with Gasteiger partial charge >= 0.3 is 0 Å². The summed E-state index contributed by atoms with van der Waals surface area (Å²) in [5.74, 6) is 1.82. The second-order valence-corrected chi connectivity index (χ2v) is 6.44. The van der Waals surface area contributed by atoms with E-state index in [1.807, 2.05) is 0 Å². The monoisotopic (exact) mass is 325 g/mol. The van der Waals surface area contributed by atoms with E-state index in [1.165, 1.54) is 12.1 Å². The molecular formula is C13H15N3O5S. The number of benzene rings is 1. The molecule has 0 saturated carbocycles. The fourth-order valence-electron chi connectivity index (χ4n) is 2.01. The van der Waals surface area contributed by atoms with Gasteiger partial charge in [0.25, 0.3) is 0 Å². The molecule has 118 valence electrons. The summed E-state index contributed by atoms with van der Waals surface area (Å²) in [7, 11) is -3.63. The van der Waals surface area contributed by atoms with Crippen molar-refractivity contribution in [1.82, 2.24) is 14.9 Å². The number of nitrogens with one attached hydrogen (secondary N) is 1. The standard InChI is InChI=1S/C13H15N3O5S/c1-9-15-16-13(21-9)4-5-14-22(17,18)10-2-3-11-12(8-10)20-7-6-19-11/h2-3,8,14H,4-7H2,1H3. The quantitative estimate of drug-likeness (QED) is 0.861. The van der Waals surface area contributed by atoms with Crippen LogP contribution in [-0.2, 0) is 16.4 Å². The van der Waals surface area contributed by atoms with Crippen molar-refractivity contribution in [2.24, 2.45) is 0 Å². The SMILES string of the molecule is Cc1nnc(CCNS(=O)(=O)c2ccc3c(c2)OCCO3)o1. The van der Waals surface area contributed by atoms with E-state index in [2.05, 4.69) is 14.9 Å². The summed E-state index contributed by atoms with van der Waals surface area (Å²) in [5, 5.41) is 7.49. The number of fused-ring (bicyclic) bond motifs is 1. The number of hydrogen-bond acceptors (Lipinski definition) is 7. The van der Waals surface area contributed by atoms with Crippen LogP contribution in [0.3, 0.4) is 0 Å². The Bertz CT molecular complexity index is 772. The smallest absolute Gasteiger partial charge is 0.240 e. The molecule has 3 rings (SSSR count). The third kappa shape index (κ3) is 3.20. The van der Waals surface area contributed by atoms with Crippen LogP contribution in [0.5, 0.6) is 11.5 Å². The Morgan fingerprint density at radius 1 is 1.18 bits per heavy atom. The van der Waals surface area contributed by atoms with Gasteiger partial charge in [0.1, 0.15) is 13.2 Å². The highest BCUT2D eigenvalue weighted by Crippen LogP contribution is 2.32. The number of aromatic nitrogens is 2. The number of ether oxygens (including phenoxy) is 2. The second-order valence-electron chi connectivity index (χ2n) is 4.67. The summed E-state index contributed by atoms with van der Waals surface area (Å²) in [6.07, 6.45) is 0.324. The highest BCUT2D eigenvalue weighted by Gasteiger charge is 2.19. The fourth-order valence-corrected chi connectivity index (χ4v) is 3.05. The van der Waals surface area contributed by atoms with Crippen LogP contribution in [0.15, 0.2) is 27.5 Å². The highest BCUT2D eigenvalue weighted by atomic mass is 32.2. The molecule has 9 heteroatoms. The first-order valence-corrected chi connectivity index (χ1v) is 8.21. The molecule has 0 atom stereocenters. The van der Waals surface area contributed by atoms with Crippen molar-refractivity contribution in [3.8, 4) is 11.5 Å². The van der Waals surface area contributed by atoms with Gasteiger partial charge in [-0.05, 0) is 12.1 Å². The zero-order valence-corrected chi connectivity index (χ0v) is 12.7. The Balaban J connectivity index is 1.67. The van der Waals surface area contributed by atoms with Gasteiger partial charge in [-0.2, -0.15) is 0 Å². The fraction of sp³-hybridized carbons (Fsp3) is 0.385. The molecule has 0 spiro atoms. The molecule has 1 aliphatic heterocycles. The zero-order chi connectivity index (χ0) is 15.6. The summed E-state index contributed by atoms with van der Waals surface area (Å²) in [5.41, 5.74) is 0. The van der Waals surface area contributed by atoms with Crippen LogP contribution >= 0.6 is 0 Å². The van der Waals surface area contributed by atoms with Crippen molar-refractivity contribution in [2.75, 3.05) is 19.8 Å². The average molecular weight is 325 g/mol. The summed E-state index contributed by atoms with van der Waals surface area (Å²) in [6.45, 7) is 2.70. The number of aryl methyl sites for hydroxylation is 1.